The van der Waals surface area contributed by atoms with Crippen molar-refractivity contribution in [3.8, 4) is 0 Å². The van der Waals surface area contributed by atoms with Crippen LogP contribution >= 0.6 is 0 Å². The highest BCUT2D eigenvalue weighted by atomic mass is 16.6. The van der Waals surface area contributed by atoms with Crippen LogP contribution in [0, 0.1) is 24.0 Å². The van der Waals surface area contributed by atoms with E-state index in [0.717, 1.165) is 33.2 Å². The van der Waals surface area contributed by atoms with Crippen LogP contribution in [0.15, 0.2) is 79.1 Å². The first kappa shape index (κ1) is 36.0. The van der Waals surface area contributed by atoms with Gasteiger partial charge in [-0.3, -0.25) is 9.59 Å². The number of fused-ring (bicyclic) bond motifs is 4. The fourth-order valence-corrected chi connectivity index (χ4v) is 7.01. The Bertz CT molecular complexity index is 2440. The fourth-order valence-electron chi connectivity index (χ4n) is 7.01. The number of aromatic nitrogens is 6. The number of para-hydroxylation sites is 4. The largest absolute Gasteiger partial charge is 0.390 e. The van der Waals surface area contributed by atoms with Gasteiger partial charge in [-0.2, -0.15) is 0 Å². The molecule has 0 atom stereocenters. The van der Waals surface area contributed by atoms with Gasteiger partial charge in [0.1, 0.15) is 17.6 Å². The van der Waals surface area contributed by atoms with Gasteiger partial charge in [-0.05, 0) is 71.3 Å². The molecule has 0 aliphatic heterocycles. The normalized spacial score (nSPS) is 11.8. The summed E-state index contributed by atoms with van der Waals surface area (Å²) >= 11 is 0. The van der Waals surface area contributed by atoms with Crippen molar-refractivity contribution >= 4 is 61.8 Å². The molecule has 0 spiro atoms. The fraction of sp³-hybridized carbons (Fsp3) is 0.275. The summed E-state index contributed by atoms with van der Waals surface area (Å²) in [6.07, 6.45) is 2.65. The third kappa shape index (κ3) is 7.28. The molecule has 0 aliphatic carbocycles. The first-order valence-corrected chi connectivity index (χ1v) is 17.9. The number of aryl methyl sites for hydroxylation is 3. The zero-order valence-electron chi connectivity index (χ0n) is 30.7. The molecule has 54 heavy (non-hydrogen) atoms. The van der Waals surface area contributed by atoms with Crippen LogP contribution in [0.25, 0.3) is 44.1 Å². The van der Waals surface area contributed by atoms with Crippen molar-refractivity contribution in [2.24, 2.45) is 7.05 Å². The summed E-state index contributed by atoms with van der Waals surface area (Å²) in [6, 6.07) is 22.4. The topological polar surface area (TPSA) is 171 Å². The van der Waals surface area contributed by atoms with Crippen LogP contribution in [-0.2, 0) is 13.6 Å². The molecule has 14 nitrogen and oxygen atoms in total. The van der Waals surface area contributed by atoms with E-state index in [9.17, 15) is 19.7 Å². The average molecular weight is 726 g/mol. The van der Waals surface area contributed by atoms with E-state index in [1.54, 1.807) is 35.9 Å². The lowest BCUT2D eigenvalue weighted by Crippen LogP contribution is -2.47. The predicted octanol–water partition coefficient (Wildman–Crippen LogP) is 5.72. The van der Waals surface area contributed by atoms with Gasteiger partial charge in [0.2, 0.25) is 6.33 Å². The summed E-state index contributed by atoms with van der Waals surface area (Å²) in [4.78, 5) is 61.4. The molecular formula is C40H41N10O4+. The molecule has 0 aliphatic rings. The highest BCUT2D eigenvalue weighted by Gasteiger charge is 2.30. The molecule has 3 aromatic heterocycles. The van der Waals surface area contributed by atoms with Crippen molar-refractivity contribution < 1.29 is 19.0 Å². The molecule has 14 heteroatoms. The minimum Gasteiger partial charge on any atom is -0.358 e. The predicted molar refractivity (Wildman–Crippen MR) is 207 cm³/mol. The van der Waals surface area contributed by atoms with E-state index >= 15 is 0 Å². The van der Waals surface area contributed by atoms with Crippen molar-refractivity contribution in [3.63, 3.8) is 0 Å². The summed E-state index contributed by atoms with van der Waals surface area (Å²) in [5.41, 5.74) is 8.80. The van der Waals surface area contributed by atoms with Gasteiger partial charge in [0.25, 0.3) is 11.8 Å². The smallest absolute Gasteiger partial charge is 0.358 e. The Kier molecular flexibility index (Phi) is 9.93. The van der Waals surface area contributed by atoms with Gasteiger partial charge in [0.05, 0.1) is 64.4 Å². The molecule has 274 valence electrons. The lowest BCUT2D eigenvalue weighted by Gasteiger charge is -2.34. The van der Waals surface area contributed by atoms with E-state index in [0.29, 0.717) is 88.9 Å². The van der Waals surface area contributed by atoms with Gasteiger partial charge in [-0.25, -0.2) is 19.9 Å². The molecule has 0 radical (unpaired) electrons. The van der Waals surface area contributed by atoms with Crippen LogP contribution in [0.5, 0.6) is 0 Å². The minimum atomic E-state index is -0.463. The maximum absolute atomic E-state index is 13.5. The van der Waals surface area contributed by atoms with Crippen LogP contribution in [-0.4, -0.2) is 83.9 Å². The second-order valence-corrected chi connectivity index (χ2v) is 14.0. The van der Waals surface area contributed by atoms with Gasteiger partial charge in [0, 0.05) is 33.0 Å². The zero-order chi connectivity index (χ0) is 38.0. The molecule has 0 saturated carbocycles. The van der Waals surface area contributed by atoms with Gasteiger partial charge >= 0.3 is 5.82 Å². The number of benzene rings is 4. The molecule has 0 unspecified atom stereocenters. The van der Waals surface area contributed by atoms with Crippen molar-refractivity contribution in [2.45, 2.75) is 33.2 Å². The molecule has 7 rings (SSSR count). The summed E-state index contributed by atoms with van der Waals surface area (Å²) in [6.45, 7) is 6.23. The Hall–Kier alpha value is -6.41. The van der Waals surface area contributed by atoms with E-state index in [4.69, 9.17) is 19.9 Å². The molecule has 4 aromatic carbocycles. The average Bonchev–Trinajstić information content (AvgIpc) is 3.52. The number of carbonyl (C=O) groups is 2. The number of nitrogens with zero attached hydrogens (tertiary/aromatic N) is 8. The standard InChI is InChI=1S/C40H40N10O4/c1-25-11-5-15-29-34(25)46-36-27(13-7-17-31(36)44-29)39(51)41-19-9-21-50(4,23-33-38(49(53)54)43-24-48(33)3)22-10-20-42-40(52)28-14-8-18-32-37(28)47-35-26(2)12-6-16-30(35)45-32/h5-8,11-18,24H,9-10,19-23H2,1-4H3,(H-,41,42,51,52)/p+1. The maximum Gasteiger partial charge on any atom is 0.390 e. The number of rotatable bonds is 13. The lowest BCUT2D eigenvalue weighted by atomic mass is 10.1. The highest BCUT2D eigenvalue weighted by Crippen LogP contribution is 2.24. The van der Waals surface area contributed by atoms with E-state index in [1.165, 1.54) is 6.33 Å². The Morgan fingerprint density at radius 1 is 0.704 bits per heavy atom. The number of amides is 2. The first-order valence-electron chi connectivity index (χ1n) is 17.9. The van der Waals surface area contributed by atoms with Gasteiger partial charge in [0.15, 0.2) is 5.69 Å². The number of quaternary nitrogens is 1. The highest BCUT2D eigenvalue weighted by molar-refractivity contribution is 6.07. The van der Waals surface area contributed by atoms with Gasteiger partial charge in [-0.15, -0.1) is 0 Å². The molecule has 2 N–H and O–H groups in total. The van der Waals surface area contributed by atoms with Crippen LogP contribution in [0.2, 0.25) is 0 Å². The number of imidazole rings is 1. The first-order chi connectivity index (χ1) is 26.0. The maximum atomic E-state index is 13.5. The third-order valence-electron chi connectivity index (χ3n) is 9.94. The van der Waals surface area contributed by atoms with Crippen molar-refractivity contribution in [1.82, 2.24) is 40.1 Å². The van der Waals surface area contributed by atoms with Crippen molar-refractivity contribution in [2.75, 3.05) is 33.2 Å². The van der Waals surface area contributed by atoms with Crippen molar-refractivity contribution in [1.29, 1.82) is 0 Å². The minimum absolute atomic E-state index is 0.178. The molecule has 2 amide bonds. The molecule has 3 heterocycles. The number of nitrogens with one attached hydrogen (secondary N) is 2. The van der Waals surface area contributed by atoms with Crippen LogP contribution in [0.4, 0.5) is 5.82 Å². The second kappa shape index (κ2) is 14.9. The van der Waals surface area contributed by atoms with Gasteiger partial charge in [-0.1, -0.05) is 36.4 Å². The van der Waals surface area contributed by atoms with E-state index < -0.39 is 4.92 Å². The molecule has 0 saturated heterocycles. The number of hydrogen-bond donors (Lipinski definition) is 2. The Labute approximate surface area is 311 Å². The molecular weight excluding hydrogens is 685 g/mol. The lowest BCUT2D eigenvalue weighted by molar-refractivity contribution is -0.923. The van der Waals surface area contributed by atoms with Crippen LogP contribution < -0.4 is 10.6 Å². The SMILES string of the molecule is Cc1cccc2nc3cccc(C(=O)NCCC[N+](C)(CCCNC(=O)c4cccc5nc6cccc(C)c6nc45)Cc4c([N+](=O)[O-])ncn4C)c3nc12. The summed E-state index contributed by atoms with van der Waals surface area (Å²) in [5.74, 6) is -0.672. The Morgan fingerprint density at radius 3 is 1.61 bits per heavy atom. The number of nitro groups is 1. The summed E-state index contributed by atoms with van der Waals surface area (Å²) < 4.78 is 2.10. The number of hydrogen-bond acceptors (Lipinski definition) is 9. The molecule has 7 aromatic rings. The Balaban J connectivity index is 1.03. The second-order valence-electron chi connectivity index (χ2n) is 14.0. The quantitative estimate of drug-likeness (QED) is 0.0496. The number of carbonyl (C=O) groups excluding carboxylic acids is 2. The van der Waals surface area contributed by atoms with Gasteiger partial charge < -0.3 is 29.8 Å². The van der Waals surface area contributed by atoms with E-state index in [1.807, 2.05) is 69.4 Å². The molecule has 0 bridgehead atoms. The van der Waals surface area contributed by atoms with Crippen LogP contribution in [0.1, 0.15) is 50.4 Å². The monoisotopic (exact) mass is 725 g/mol. The molecule has 0 fully saturated rings. The summed E-state index contributed by atoms with van der Waals surface area (Å²) in [7, 11) is 3.78. The Morgan fingerprint density at radius 2 is 1.15 bits per heavy atom. The van der Waals surface area contributed by atoms with E-state index in [2.05, 4.69) is 15.6 Å². The van der Waals surface area contributed by atoms with Crippen LogP contribution in [0.3, 0.4) is 0 Å². The zero-order valence-corrected chi connectivity index (χ0v) is 30.7. The van der Waals surface area contributed by atoms with Crippen molar-refractivity contribution in [3.05, 3.63) is 117 Å². The van der Waals surface area contributed by atoms with E-state index in [-0.39, 0.29) is 17.6 Å². The third-order valence-corrected chi connectivity index (χ3v) is 9.94. The summed E-state index contributed by atoms with van der Waals surface area (Å²) in [5, 5.41) is 17.9.